The maximum atomic E-state index is 12.9. The molecular formula is C20H22N4O5S. The number of anilines is 2. The molecule has 30 heavy (non-hydrogen) atoms. The molecule has 1 aromatic carbocycles. The number of carbonyl (C=O) groups is 4. The molecule has 2 aromatic rings. The fourth-order valence-corrected chi connectivity index (χ4v) is 4.04. The van der Waals surface area contributed by atoms with E-state index in [1.165, 1.54) is 6.20 Å². The topological polar surface area (TPSA) is 137 Å². The van der Waals surface area contributed by atoms with Crippen molar-refractivity contribution in [2.75, 3.05) is 17.2 Å². The van der Waals surface area contributed by atoms with E-state index in [9.17, 15) is 19.2 Å². The molecule has 158 valence electrons. The van der Waals surface area contributed by atoms with Gasteiger partial charge in [-0.25, -0.2) is 9.78 Å². The molecule has 3 rings (SSSR count). The largest absolute Gasteiger partial charge is 0.480 e. The molecule has 1 aliphatic rings. The molecule has 1 aliphatic carbocycles. The molecule has 0 atom stereocenters. The van der Waals surface area contributed by atoms with E-state index in [0.29, 0.717) is 11.3 Å². The predicted octanol–water partition coefficient (Wildman–Crippen LogP) is 3.28. The number of hydrogen-bond acceptors (Lipinski definition) is 6. The van der Waals surface area contributed by atoms with E-state index in [0.717, 1.165) is 42.6 Å². The number of ketones is 1. The second-order valence-corrected chi connectivity index (χ2v) is 8.11. The van der Waals surface area contributed by atoms with E-state index < -0.39 is 24.5 Å². The molecule has 0 radical (unpaired) electrons. The summed E-state index contributed by atoms with van der Waals surface area (Å²) in [6, 6.07) is 4.70. The lowest BCUT2D eigenvalue weighted by Gasteiger charge is -2.14. The lowest BCUT2D eigenvalue weighted by Crippen LogP contribution is -2.28. The Hall–Kier alpha value is -3.27. The normalized spacial score (nSPS) is 13.6. The van der Waals surface area contributed by atoms with E-state index in [1.54, 1.807) is 12.1 Å². The molecule has 3 amide bonds. The lowest BCUT2D eigenvalue weighted by molar-refractivity contribution is -0.135. The maximum Gasteiger partial charge on any atom is 0.325 e. The van der Waals surface area contributed by atoms with Gasteiger partial charge in [0.25, 0.3) is 5.91 Å². The molecule has 0 spiro atoms. The molecular weight excluding hydrogens is 408 g/mol. The molecule has 1 heterocycles. The summed E-state index contributed by atoms with van der Waals surface area (Å²) in [6.45, 7) is 1.38. The number of carboxylic acids is 1. The molecule has 1 aromatic heterocycles. The van der Waals surface area contributed by atoms with Crippen molar-refractivity contribution in [3.05, 3.63) is 40.4 Å². The number of carboxylic acid groups (broad SMARTS) is 1. The number of urea groups is 1. The minimum atomic E-state index is -1.16. The van der Waals surface area contributed by atoms with E-state index >= 15 is 0 Å². The Morgan fingerprint density at radius 3 is 2.60 bits per heavy atom. The fourth-order valence-electron chi connectivity index (χ4n) is 3.31. The standard InChI is InChI=1S/C20H22N4O5S/c1-11-6-7-14(13(8-11)17(27)12-4-2-3-5-12)23-19(29)24-20-22-9-15(30-20)18(28)21-10-16(25)26/h6-9,12H,2-5,10H2,1H3,(H,21,28)(H,25,26)(H2,22,23,24,29). The maximum absolute atomic E-state index is 12.9. The van der Waals surface area contributed by atoms with Crippen LogP contribution in [0.1, 0.15) is 51.3 Å². The van der Waals surface area contributed by atoms with Crippen molar-refractivity contribution < 1.29 is 24.3 Å². The predicted molar refractivity (Wildman–Crippen MR) is 112 cm³/mol. The zero-order valence-corrected chi connectivity index (χ0v) is 17.2. The number of thiazole rings is 1. The fraction of sp³-hybridized carbons (Fsp3) is 0.350. The SMILES string of the molecule is Cc1ccc(NC(=O)Nc2ncc(C(=O)NCC(=O)O)s2)c(C(=O)C2CCCC2)c1. The number of aliphatic carboxylic acids is 1. The molecule has 1 fully saturated rings. The quantitative estimate of drug-likeness (QED) is 0.498. The Labute approximate surface area is 176 Å². The number of benzene rings is 1. The van der Waals surface area contributed by atoms with Crippen LogP contribution in [0.5, 0.6) is 0 Å². The number of amides is 3. The first kappa shape index (κ1) is 21.4. The summed E-state index contributed by atoms with van der Waals surface area (Å²) in [7, 11) is 0. The van der Waals surface area contributed by atoms with Crippen molar-refractivity contribution in [1.82, 2.24) is 10.3 Å². The number of carbonyl (C=O) groups excluding carboxylic acids is 3. The highest BCUT2D eigenvalue weighted by Crippen LogP contribution is 2.31. The highest BCUT2D eigenvalue weighted by molar-refractivity contribution is 7.17. The molecule has 1 saturated carbocycles. The number of nitrogens with zero attached hydrogens (tertiary/aromatic N) is 1. The van der Waals surface area contributed by atoms with Gasteiger partial charge in [-0.15, -0.1) is 0 Å². The van der Waals surface area contributed by atoms with Gasteiger partial charge in [0.15, 0.2) is 10.9 Å². The summed E-state index contributed by atoms with van der Waals surface area (Å²) in [5.41, 5.74) is 1.84. The van der Waals surface area contributed by atoms with Gasteiger partial charge in [0, 0.05) is 11.5 Å². The van der Waals surface area contributed by atoms with Crippen LogP contribution in [0, 0.1) is 12.8 Å². The van der Waals surface area contributed by atoms with E-state index in [1.807, 2.05) is 13.0 Å². The summed E-state index contributed by atoms with van der Waals surface area (Å²) < 4.78 is 0. The first-order valence-electron chi connectivity index (χ1n) is 9.52. The van der Waals surface area contributed by atoms with Crippen molar-refractivity contribution in [3.8, 4) is 0 Å². The smallest absolute Gasteiger partial charge is 0.325 e. The monoisotopic (exact) mass is 430 g/mol. The highest BCUT2D eigenvalue weighted by atomic mass is 32.1. The summed E-state index contributed by atoms with van der Waals surface area (Å²) in [6.07, 6.45) is 5.06. The van der Waals surface area contributed by atoms with Crippen molar-refractivity contribution in [1.29, 1.82) is 0 Å². The second kappa shape index (κ2) is 9.49. The molecule has 9 nitrogen and oxygen atoms in total. The van der Waals surface area contributed by atoms with Crippen LogP contribution in [0.2, 0.25) is 0 Å². The number of rotatable bonds is 7. The number of aromatic nitrogens is 1. The number of nitrogens with one attached hydrogen (secondary N) is 3. The van der Waals surface area contributed by atoms with E-state index in [-0.39, 0.29) is 21.7 Å². The first-order chi connectivity index (χ1) is 14.3. The van der Waals surface area contributed by atoms with Crippen molar-refractivity contribution in [3.63, 3.8) is 0 Å². The van der Waals surface area contributed by atoms with Gasteiger partial charge in [-0.05, 0) is 31.9 Å². The van der Waals surface area contributed by atoms with Gasteiger partial charge in [0.2, 0.25) is 0 Å². The number of hydrogen-bond donors (Lipinski definition) is 4. The number of Topliss-reactive ketones (excluding diaryl/α,β-unsaturated/α-hetero) is 1. The average molecular weight is 430 g/mol. The van der Waals surface area contributed by atoms with Gasteiger partial charge in [-0.3, -0.25) is 19.7 Å². The molecule has 0 aliphatic heterocycles. The van der Waals surface area contributed by atoms with Crippen LogP contribution in [0.4, 0.5) is 15.6 Å². The zero-order valence-electron chi connectivity index (χ0n) is 16.4. The Kier molecular flexibility index (Phi) is 6.78. The summed E-state index contributed by atoms with van der Waals surface area (Å²) in [4.78, 5) is 51.8. The van der Waals surface area contributed by atoms with E-state index in [4.69, 9.17) is 5.11 Å². The molecule has 10 heteroatoms. The highest BCUT2D eigenvalue weighted by Gasteiger charge is 2.26. The van der Waals surface area contributed by atoms with Crippen molar-refractivity contribution >= 4 is 45.8 Å². The third-order valence-corrected chi connectivity index (χ3v) is 5.68. The second-order valence-electron chi connectivity index (χ2n) is 7.08. The van der Waals surface area contributed by atoms with Crippen LogP contribution in [0.25, 0.3) is 0 Å². The van der Waals surface area contributed by atoms with Crippen LogP contribution in [0.15, 0.2) is 24.4 Å². The molecule has 4 N–H and O–H groups in total. The minimum Gasteiger partial charge on any atom is -0.480 e. The van der Waals surface area contributed by atoms with Crippen LogP contribution >= 0.6 is 11.3 Å². The van der Waals surface area contributed by atoms with Crippen molar-refractivity contribution in [2.24, 2.45) is 5.92 Å². The summed E-state index contributed by atoms with van der Waals surface area (Å²) in [5, 5.41) is 16.2. The van der Waals surface area contributed by atoms with Gasteiger partial charge >= 0.3 is 12.0 Å². The van der Waals surface area contributed by atoms with Gasteiger partial charge in [-0.2, -0.15) is 0 Å². The Balaban J connectivity index is 1.66. The van der Waals surface area contributed by atoms with Crippen molar-refractivity contribution in [2.45, 2.75) is 32.6 Å². The summed E-state index contributed by atoms with van der Waals surface area (Å²) >= 11 is 0.910. The van der Waals surface area contributed by atoms with Crippen LogP contribution in [0.3, 0.4) is 0 Å². The zero-order chi connectivity index (χ0) is 21.7. The number of aryl methyl sites for hydroxylation is 1. The molecule has 0 bridgehead atoms. The van der Waals surface area contributed by atoms with Crippen LogP contribution in [-0.2, 0) is 4.79 Å². The Bertz CT molecular complexity index is 981. The van der Waals surface area contributed by atoms with Gasteiger partial charge < -0.3 is 15.7 Å². The van der Waals surface area contributed by atoms with Gasteiger partial charge in [0.1, 0.15) is 11.4 Å². The summed E-state index contributed by atoms with van der Waals surface area (Å²) in [5.74, 6) is -1.72. The Morgan fingerprint density at radius 2 is 1.90 bits per heavy atom. The van der Waals surface area contributed by atoms with Gasteiger partial charge in [-0.1, -0.05) is 35.8 Å². The third-order valence-electron chi connectivity index (χ3n) is 4.76. The average Bonchev–Trinajstić information content (AvgIpc) is 3.39. The molecule has 0 saturated heterocycles. The molecule has 0 unspecified atom stereocenters. The van der Waals surface area contributed by atoms with E-state index in [2.05, 4.69) is 20.9 Å². The van der Waals surface area contributed by atoms with Crippen LogP contribution < -0.4 is 16.0 Å². The third kappa shape index (κ3) is 5.41. The lowest BCUT2D eigenvalue weighted by atomic mass is 9.94. The first-order valence-corrected chi connectivity index (χ1v) is 10.3. The van der Waals surface area contributed by atoms with Crippen LogP contribution in [-0.4, -0.2) is 40.3 Å². The Morgan fingerprint density at radius 1 is 1.17 bits per heavy atom. The van der Waals surface area contributed by atoms with Gasteiger partial charge in [0.05, 0.1) is 11.9 Å². The minimum absolute atomic E-state index is 0.0127.